The minimum atomic E-state index is -0.742. The van der Waals surface area contributed by atoms with Crippen LogP contribution in [0.2, 0.25) is 0 Å². The van der Waals surface area contributed by atoms with Gasteiger partial charge in [0.2, 0.25) is 0 Å². The van der Waals surface area contributed by atoms with E-state index in [1.165, 1.54) is 0 Å². The van der Waals surface area contributed by atoms with Gasteiger partial charge in [-0.3, -0.25) is 9.89 Å². The number of likely N-dealkylation sites (tertiary alicyclic amines) is 1. The molecular formula is C21H34N4O3. The Morgan fingerprint density at radius 2 is 1.93 bits per heavy atom. The standard InChI is InChI=1S/C21H34N4O3/c1-5-9-25-10-7-17(8-11-25)24-21(22-6-2)23-15-20(26)16-12-18(27-3)14-19(13-16)28-4/h5,12-14,17,20,26H,1,6-11,15H2,2-4H3,(H2,22,23,24). The molecule has 7 nitrogen and oxygen atoms in total. The maximum absolute atomic E-state index is 10.6. The Hall–Kier alpha value is -2.25. The van der Waals surface area contributed by atoms with Gasteiger partial charge >= 0.3 is 0 Å². The van der Waals surface area contributed by atoms with E-state index in [2.05, 4.69) is 27.1 Å². The zero-order valence-electron chi connectivity index (χ0n) is 17.3. The Bertz CT molecular complexity index is 620. The van der Waals surface area contributed by atoms with Gasteiger partial charge in [0.05, 0.1) is 26.9 Å². The molecule has 1 aromatic rings. The lowest BCUT2D eigenvalue weighted by Gasteiger charge is -2.32. The molecule has 0 bridgehead atoms. The van der Waals surface area contributed by atoms with E-state index in [0.717, 1.165) is 45.0 Å². The van der Waals surface area contributed by atoms with E-state index in [1.54, 1.807) is 32.4 Å². The van der Waals surface area contributed by atoms with Crippen LogP contribution >= 0.6 is 0 Å². The lowest BCUT2D eigenvalue weighted by Crippen LogP contribution is -2.48. The lowest BCUT2D eigenvalue weighted by molar-refractivity contribution is 0.186. The van der Waals surface area contributed by atoms with Crippen LogP contribution in [0.1, 0.15) is 31.4 Å². The third kappa shape index (κ3) is 6.73. The maximum Gasteiger partial charge on any atom is 0.191 e. The van der Waals surface area contributed by atoms with E-state index in [0.29, 0.717) is 23.1 Å². The van der Waals surface area contributed by atoms with Gasteiger partial charge in [-0.1, -0.05) is 6.08 Å². The molecule has 0 aliphatic carbocycles. The van der Waals surface area contributed by atoms with E-state index in [1.807, 2.05) is 13.0 Å². The van der Waals surface area contributed by atoms with Gasteiger partial charge in [-0.25, -0.2) is 0 Å². The maximum atomic E-state index is 10.6. The van der Waals surface area contributed by atoms with Crippen LogP contribution in [0.25, 0.3) is 0 Å². The van der Waals surface area contributed by atoms with Crippen molar-refractivity contribution >= 4 is 5.96 Å². The molecule has 28 heavy (non-hydrogen) atoms. The first-order valence-corrected chi connectivity index (χ1v) is 9.88. The van der Waals surface area contributed by atoms with E-state index >= 15 is 0 Å². The molecule has 156 valence electrons. The second kappa shape index (κ2) is 11.6. The van der Waals surface area contributed by atoms with Gasteiger partial charge in [0.15, 0.2) is 5.96 Å². The molecule has 1 aliphatic heterocycles. The number of nitrogens with one attached hydrogen (secondary N) is 2. The van der Waals surface area contributed by atoms with Crippen LogP contribution in [0, 0.1) is 0 Å². The van der Waals surface area contributed by atoms with Crippen molar-refractivity contribution in [1.29, 1.82) is 0 Å². The monoisotopic (exact) mass is 390 g/mol. The number of ether oxygens (including phenoxy) is 2. The second-order valence-electron chi connectivity index (χ2n) is 6.89. The number of guanidine groups is 1. The van der Waals surface area contributed by atoms with Gasteiger partial charge in [0.1, 0.15) is 11.5 Å². The van der Waals surface area contributed by atoms with Crippen molar-refractivity contribution in [3.05, 3.63) is 36.4 Å². The van der Waals surface area contributed by atoms with Crippen molar-refractivity contribution in [3.8, 4) is 11.5 Å². The molecular weight excluding hydrogens is 356 g/mol. The van der Waals surface area contributed by atoms with Crippen LogP contribution in [-0.4, -0.2) is 69.0 Å². The van der Waals surface area contributed by atoms with E-state index in [4.69, 9.17) is 9.47 Å². The van der Waals surface area contributed by atoms with Crippen molar-refractivity contribution in [2.75, 3.05) is 46.9 Å². The lowest BCUT2D eigenvalue weighted by atomic mass is 10.1. The predicted octanol–water partition coefficient (Wildman–Crippen LogP) is 1.94. The number of hydrogen-bond acceptors (Lipinski definition) is 5. The van der Waals surface area contributed by atoms with Gasteiger partial charge < -0.3 is 25.2 Å². The van der Waals surface area contributed by atoms with E-state index < -0.39 is 6.10 Å². The zero-order valence-corrected chi connectivity index (χ0v) is 17.3. The average Bonchev–Trinajstić information content (AvgIpc) is 2.73. The minimum absolute atomic E-state index is 0.251. The smallest absolute Gasteiger partial charge is 0.191 e. The quantitative estimate of drug-likeness (QED) is 0.340. The van der Waals surface area contributed by atoms with Crippen LogP contribution in [0.3, 0.4) is 0 Å². The summed E-state index contributed by atoms with van der Waals surface area (Å²) in [5.74, 6) is 2.03. The number of benzene rings is 1. The number of hydrogen-bond donors (Lipinski definition) is 3. The molecule has 3 N–H and O–H groups in total. The molecule has 2 rings (SSSR count). The molecule has 0 aromatic heterocycles. The van der Waals surface area contributed by atoms with Crippen molar-refractivity contribution in [2.24, 2.45) is 4.99 Å². The number of methoxy groups -OCH3 is 2. The van der Waals surface area contributed by atoms with E-state index in [-0.39, 0.29) is 6.54 Å². The fourth-order valence-corrected chi connectivity index (χ4v) is 3.26. The molecule has 1 aromatic carbocycles. The third-order valence-electron chi connectivity index (χ3n) is 4.84. The molecule has 1 saturated heterocycles. The highest BCUT2D eigenvalue weighted by Crippen LogP contribution is 2.26. The summed E-state index contributed by atoms with van der Waals surface area (Å²) in [7, 11) is 3.19. The number of nitrogens with zero attached hydrogens (tertiary/aromatic N) is 2. The number of aliphatic imine (C=N–C) groups is 1. The Morgan fingerprint density at radius 3 is 2.46 bits per heavy atom. The molecule has 0 spiro atoms. The Kier molecular flexibility index (Phi) is 9.10. The van der Waals surface area contributed by atoms with Crippen LogP contribution in [0.15, 0.2) is 35.8 Å². The highest BCUT2D eigenvalue weighted by molar-refractivity contribution is 5.80. The molecule has 1 fully saturated rings. The normalized spacial score (nSPS) is 17.1. The summed E-state index contributed by atoms with van der Waals surface area (Å²) in [6.07, 6.45) is 3.34. The molecule has 1 aliphatic rings. The summed E-state index contributed by atoms with van der Waals surface area (Å²) in [5, 5.41) is 17.4. The minimum Gasteiger partial charge on any atom is -0.497 e. The van der Waals surface area contributed by atoms with Crippen LogP contribution in [0.4, 0.5) is 0 Å². The first-order chi connectivity index (χ1) is 13.6. The van der Waals surface area contributed by atoms with Gasteiger partial charge in [0, 0.05) is 38.3 Å². The summed E-state index contributed by atoms with van der Waals surface area (Å²) in [6.45, 7) is 9.91. The fraction of sp³-hybridized carbons (Fsp3) is 0.571. The molecule has 7 heteroatoms. The third-order valence-corrected chi connectivity index (χ3v) is 4.84. The zero-order chi connectivity index (χ0) is 20.4. The van der Waals surface area contributed by atoms with Gasteiger partial charge in [0.25, 0.3) is 0 Å². The van der Waals surface area contributed by atoms with Crippen molar-refractivity contribution < 1.29 is 14.6 Å². The largest absolute Gasteiger partial charge is 0.497 e. The summed E-state index contributed by atoms with van der Waals surface area (Å²) >= 11 is 0. The highest BCUT2D eigenvalue weighted by Gasteiger charge is 2.19. The van der Waals surface area contributed by atoms with Gasteiger partial charge in [-0.2, -0.15) is 0 Å². The van der Waals surface area contributed by atoms with Crippen LogP contribution in [0.5, 0.6) is 11.5 Å². The number of aliphatic hydroxyl groups excluding tert-OH is 1. The summed E-state index contributed by atoms with van der Waals surface area (Å²) in [6, 6.07) is 5.77. The highest BCUT2D eigenvalue weighted by atomic mass is 16.5. The summed E-state index contributed by atoms with van der Waals surface area (Å²) in [4.78, 5) is 6.98. The Labute approximate surface area is 168 Å². The SMILES string of the molecule is C=CCN1CCC(NC(=NCC(O)c2cc(OC)cc(OC)c2)NCC)CC1. The predicted molar refractivity (Wildman–Crippen MR) is 113 cm³/mol. The first-order valence-electron chi connectivity index (χ1n) is 9.88. The van der Waals surface area contributed by atoms with Crippen LogP contribution in [-0.2, 0) is 0 Å². The van der Waals surface area contributed by atoms with Crippen LogP contribution < -0.4 is 20.1 Å². The molecule has 0 saturated carbocycles. The molecule has 1 atom stereocenters. The summed E-state index contributed by atoms with van der Waals surface area (Å²) in [5.41, 5.74) is 0.716. The Morgan fingerprint density at radius 1 is 1.29 bits per heavy atom. The average molecular weight is 391 g/mol. The first kappa shape index (κ1) is 22.0. The van der Waals surface area contributed by atoms with Gasteiger partial charge in [-0.15, -0.1) is 6.58 Å². The topological polar surface area (TPSA) is 78.4 Å². The number of rotatable bonds is 9. The van der Waals surface area contributed by atoms with Crippen molar-refractivity contribution in [2.45, 2.75) is 31.9 Å². The molecule has 0 amide bonds. The molecule has 1 unspecified atom stereocenters. The Balaban J connectivity index is 1.97. The number of aliphatic hydroxyl groups is 1. The van der Waals surface area contributed by atoms with Crippen molar-refractivity contribution in [1.82, 2.24) is 15.5 Å². The van der Waals surface area contributed by atoms with Gasteiger partial charge in [-0.05, 0) is 37.5 Å². The molecule has 1 heterocycles. The van der Waals surface area contributed by atoms with E-state index in [9.17, 15) is 5.11 Å². The summed E-state index contributed by atoms with van der Waals surface area (Å²) < 4.78 is 10.6. The second-order valence-corrected chi connectivity index (χ2v) is 6.89. The molecule has 0 radical (unpaired) electrons. The fourth-order valence-electron chi connectivity index (χ4n) is 3.26. The number of piperidine rings is 1. The van der Waals surface area contributed by atoms with Crippen molar-refractivity contribution in [3.63, 3.8) is 0 Å².